The first-order chi connectivity index (χ1) is 22.3. The molecule has 45 heavy (non-hydrogen) atoms. The molecule has 3 aromatic heterocycles. The van der Waals surface area contributed by atoms with Crippen molar-refractivity contribution in [1.29, 1.82) is 0 Å². The van der Waals surface area contributed by atoms with Gasteiger partial charge in [-0.1, -0.05) is 121 Å². The lowest BCUT2D eigenvalue weighted by molar-refractivity contribution is 1.23. The van der Waals surface area contributed by atoms with Crippen LogP contribution in [0.1, 0.15) is 0 Å². The van der Waals surface area contributed by atoms with Gasteiger partial charge in [0.1, 0.15) is 0 Å². The smallest absolute Gasteiger partial charge is 0.160 e. The number of hydrogen-bond acceptors (Lipinski definition) is 5. The summed E-state index contributed by atoms with van der Waals surface area (Å²) in [7, 11) is 0. The van der Waals surface area contributed by atoms with E-state index >= 15 is 0 Å². The summed E-state index contributed by atoms with van der Waals surface area (Å²) in [5, 5.41) is 4.50. The van der Waals surface area contributed by atoms with E-state index < -0.39 is 0 Å². The molecular weight excluding hydrogens is 569 g/mol. The van der Waals surface area contributed by atoms with Crippen molar-refractivity contribution in [1.82, 2.24) is 19.9 Å². The van der Waals surface area contributed by atoms with E-state index in [4.69, 9.17) is 19.9 Å². The quantitative estimate of drug-likeness (QED) is 0.204. The molecule has 0 amide bonds. The fourth-order valence-electron chi connectivity index (χ4n) is 6.18. The van der Waals surface area contributed by atoms with Crippen molar-refractivity contribution in [3.63, 3.8) is 0 Å². The molecule has 0 bridgehead atoms. The zero-order valence-electron chi connectivity index (χ0n) is 24.1. The Hall–Kier alpha value is -5.78. The third kappa shape index (κ3) is 4.36. The molecule has 3 heterocycles. The molecule has 5 heteroatoms. The maximum Gasteiger partial charge on any atom is 0.160 e. The SMILES string of the molecule is c1ccc(-c2nc(-c3ccc4c(c3)sc3cccc(-c5nc(-c6ccccc6)nc6ccccc56)c34)c3ccccc3n2)cc1. The fourth-order valence-corrected chi connectivity index (χ4v) is 7.35. The fraction of sp³-hybridized carbons (Fsp3) is 0. The van der Waals surface area contributed by atoms with Gasteiger partial charge in [-0.25, -0.2) is 19.9 Å². The lowest BCUT2D eigenvalue weighted by atomic mass is 9.99. The van der Waals surface area contributed by atoms with Gasteiger partial charge in [-0.15, -0.1) is 11.3 Å². The van der Waals surface area contributed by atoms with Crippen LogP contribution in [0.15, 0.2) is 146 Å². The van der Waals surface area contributed by atoms with Crippen LogP contribution in [0.5, 0.6) is 0 Å². The van der Waals surface area contributed by atoms with Crippen LogP contribution < -0.4 is 0 Å². The van der Waals surface area contributed by atoms with Gasteiger partial charge in [0.25, 0.3) is 0 Å². The molecule has 0 saturated carbocycles. The molecule has 0 aliphatic carbocycles. The lowest BCUT2D eigenvalue weighted by Gasteiger charge is -2.11. The molecule has 0 unspecified atom stereocenters. The Morgan fingerprint density at radius 1 is 0.378 bits per heavy atom. The maximum atomic E-state index is 5.19. The summed E-state index contributed by atoms with van der Waals surface area (Å²) < 4.78 is 2.43. The predicted molar refractivity (Wildman–Crippen MR) is 187 cm³/mol. The minimum Gasteiger partial charge on any atom is -0.228 e. The molecule has 4 nitrogen and oxygen atoms in total. The molecule has 0 spiro atoms. The van der Waals surface area contributed by atoms with Crippen LogP contribution in [0.2, 0.25) is 0 Å². The van der Waals surface area contributed by atoms with E-state index in [1.165, 1.54) is 20.2 Å². The van der Waals surface area contributed by atoms with E-state index in [9.17, 15) is 0 Å². The minimum absolute atomic E-state index is 0.730. The third-order valence-corrected chi connectivity index (χ3v) is 9.41. The molecule has 6 aromatic carbocycles. The molecule has 9 aromatic rings. The van der Waals surface area contributed by atoms with Gasteiger partial charge >= 0.3 is 0 Å². The number of benzene rings is 6. The Balaban J connectivity index is 1.26. The summed E-state index contributed by atoms with van der Waals surface area (Å²) in [6.45, 7) is 0. The van der Waals surface area contributed by atoms with E-state index in [0.29, 0.717) is 0 Å². The van der Waals surface area contributed by atoms with Crippen LogP contribution in [0, 0.1) is 0 Å². The topological polar surface area (TPSA) is 51.6 Å². The van der Waals surface area contributed by atoms with Crippen molar-refractivity contribution < 1.29 is 0 Å². The van der Waals surface area contributed by atoms with Gasteiger partial charge in [0, 0.05) is 53.2 Å². The largest absolute Gasteiger partial charge is 0.228 e. The van der Waals surface area contributed by atoms with E-state index in [1.54, 1.807) is 11.3 Å². The van der Waals surface area contributed by atoms with Gasteiger partial charge in [-0.2, -0.15) is 0 Å². The zero-order chi connectivity index (χ0) is 29.7. The molecule has 0 aliphatic rings. The van der Waals surface area contributed by atoms with Gasteiger partial charge in [0.15, 0.2) is 11.6 Å². The van der Waals surface area contributed by atoms with E-state index in [-0.39, 0.29) is 0 Å². The second kappa shape index (κ2) is 10.4. The van der Waals surface area contributed by atoms with Crippen LogP contribution >= 0.6 is 11.3 Å². The van der Waals surface area contributed by atoms with Gasteiger partial charge in [-0.3, -0.25) is 0 Å². The first kappa shape index (κ1) is 25.7. The van der Waals surface area contributed by atoms with Crippen LogP contribution in [0.4, 0.5) is 0 Å². The molecule has 0 atom stereocenters. The van der Waals surface area contributed by atoms with E-state index in [2.05, 4.69) is 97.1 Å². The third-order valence-electron chi connectivity index (χ3n) is 8.30. The second-order valence-electron chi connectivity index (χ2n) is 11.0. The first-order valence-electron chi connectivity index (χ1n) is 14.9. The molecule has 0 radical (unpaired) electrons. The monoisotopic (exact) mass is 592 g/mol. The van der Waals surface area contributed by atoms with Crippen LogP contribution in [-0.4, -0.2) is 19.9 Å². The summed E-state index contributed by atoms with van der Waals surface area (Å²) in [6.07, 6.45) is 0. The Morgan fingerprint density at radius 2 is 0.956 bits per heavy atom. The van der Waals surface area contributed by atoms with Gasteiger partial charge in [-0.05, 0) is 24.3 Å². The number of aromatic nitrogens is 4. The summed E-state index contributed by atoms with van der Waals surface area (Å²) in [5.41, 5.74) is 7.95. The Labute approximate surface area is 263 Å². The van der Waals surface area contributed by atoms with E-state index in [1.807, 2.05) is 48.5 Å². The molecule has 9 rings (SSSR count). The highest BCUT2D eigenvalue weighted by Gasteiger charge is 2.18. The summed E-state index contributed by atoms with van der Waals surface area (Å²) in [5.74, 6) is 1.46. The van der Waals surface area contributed by atoms with Gasteiger partial charge < -0.3 is 0 Å². The summed E-state index contributed by atoms with van der Waals surface area (Å²) in [6, 6.07) is 50.2. The average molecular weight is 593 g/mol. The number of hydrogen-bond donors (Lipinski definition) is 0. The highest BCUT2D eigenvalue weighted by molar-refractivity contribution is 7.26. The number of fused-ring (bicyclic) bond motifs is 5. The summed E-state index contributed by atoms with van der Waals surface area (Å²) in [4.78, 5) is 20.2. The maximum absolute atomic E-state index is 5.19. The van der Waals surface area contributed by atoms with Crippen LogP contribution in [0.25, 0.3) is 87.3 Å². The van der Waals surface area contributed by atoms with Crippen molar-refractivity contribution in [3.8, 4) is 45.3 Å². The van der Waals surface area contributed by atoms with Crippen molar-refractivity contribution in [2.24, 2.45) is 0 Å². The Morgan fingerprint density at radius 3 is 1.62 bits per heavy atom. The number of nitrogens with zero attached hydrogens (tertiary/aromatic N) is 4. The highest BCUT2D eigenvalue weighted by atomic mass is 32.1. The zero-order valence-corrected chi connectivity index (χ0v) is 24.9. The molecule has 0 N–H and O–H groups in total. The lowest BCUT2D eigenvalue weighted by Crippen LogP contribution is -1.95. The molecule has 0 aliphatic heterocycles. The predicted octanol–water partition coefficient (Wildman–Crippen LogP) is 10.6. The van der Waals surface area contributed by atoms with Crippen molar-refractivity contribution >= 4 is 53.3 Å². The molecule has 0 saturated heterocycles. The van der Waals surface area contributed by atoms with Crippen molar-refractivity contribution in [2.45, 2.75) is 0 Å². The summed E-state index contributed by atoms with van der Waals surface area (Å²) >= 11 is 1.80. The van der Waals surface area contributed by atoms with Crippen LogP contribution in [0.3, 0.4) is 0 Å². The minimum atomic E-state index is 0.730. The standard InChI is InChI=1S/C40H24N4S/c1-3-12-25(13-4-1)39-41-32-19-9-7-16-28(32)37(43-39)27-22-23-30-35(24-27)45-34-21-11-18-31(36(30)34)38-29-17-8-10-20-33(29)42-40(44-38)26-14-5-2-6-15-26/h1-24H. The van der Waals surface area contributed by atoms with Crippen LogP contribution in [-0.2, 0) is 0 Å². The number of thiophene rings is 1. The number of rotatable bonds is 4. The molecule has 210 valence electrons. The first-order valence-corrected chi connectivity index (χ1v) is 15.7. The molecular formula is C40H24N4S. The van der Waals surface area contributed by atoms with Gasteiger partial charge in [0.2, 0.25) is 0 Å². The number of para-hydroxylation sites is 2. The van der Waals surface area contributed by atoms with Gasteiger partial charge in [0.05, 0.1) is 22.4 Å². The van der Waals surface area contributed by atoms with E-state index in [0.717, 1.165) is 67.1 Å². The highest BCUT2D eigenvalue weighted by Crippen LogP contribution is 2.43. The normalized spacial score (nSPS) is 11.6. The Kier molecular flexibility index (Phi) is 5.96. The average Bonchev–Trinajstić information content (AvgIpc) is 3.50. The van der Waals surface area contributed by atoms with Crippen molar-refractivity contribution in [3.05, 3.63) is 146 Å². The van der Waals surface area contributed by atoms with Crippen molar-refractivity contribution in [2.75, 3.05) is 0 Å². The molecule has 0 fully saturated rings. The Bertz CT molecular complexity index is 2540. The second-order valence-corrected chi connectivity index (χ2v) is 12.1.